The first-order valence-electron chi connectivity index (χ1n) is 4.68. The number of rotatable bonds is 2. The van der Waals surface area contributed by atoms with Crippen molar-refractivity contribution in [2.24, 2.45) is 0 Å². The summed E-state index contributed by atoms with van der Waals surface area (Å²) in [6, 6.07) is 0.0798. The summed E-state index contributed by atoms with van der Waals surface area (Å²) in [5.41, 5.74) is 0. The van der Waals surface area contributed by atoms with Crippen LogP contribution >= 0.6 is 11.6 Å². The van der Waals surface area contributed by atoms with Crippen molar-refractivity contribution in [1.82, 2.24) is 9.97 Å². The highest BCUT2D eigenvalue weighted by molar-refractivity contribution is 6.30. The zero-order valence-electron chi connectivity index (χ0n) is 7.65. The van der Waals surface area contributed by atoms with Gasteiger partial charge in [0.25, 0.3) is 0 Å². The minimum absolute atomic E-state index is 0.0798. The maximum absolute atomic E-state index is 9.56. The minimum atomic E-state index is -0.283. The first-order chi connectivity index (χ1) is 6.75. The number of hydrogen-bond acceptors (Lipinski definition) is 4. The highest BCUT2D eigenvalue weighted by atomic mass is 35.5. The van der Waals surface area contributed by atoms with Crippen molar-refractivity contribution < 1.29 is 5.11 Å². The van der Waals surface area contributed by atoms with Gasteiger partial charge in [-0.1, -0.05) is 11.6 Å². The number of anilines is 1. The van der Waals surface area contributed by atoms with Gasteiger partial charge in [-0.2, -0.15) is 0 Å². The van der Waals surface area contributed by atoms with Crippen molar-refractivity contribution in [1.29, 1.82) is 0 Å². The second kappa shape index (κ2) is 4.11. The molecule has 0 amide bonds. The Morgan fingerprint density at radius 3 is 2.64 bits per heavy atom. The predicted molar refractivity (Wildman–Crippen MR) is 54.3 cm³/mol. The third kappa shape index (κ3) is 2.13. The Balaban J connectivity index is 2.00. The molecule has 1 aromatic heterocycles. The van der Waals surface area contributed by atoms with Crippen LogP contribution in [0.5, 0.6) is 0 Å². The second-order valence-corrected chi connectivity index (χ2v) is 3.91. The third-order valence-corrected chi connectivity index (χ3v) is 2.61. The quantitative estimate of drug-likeness (QED) is 0.781. The summed E-state index contributed by atoms with van der Waals surface area (Å²) < 4.78 is 0. The largest absolute Gasteiger partial charge is 0.391 e. The van der Waals surface area contributed by atoms with Gasteiger partial charge in [-0.15, -0.1) is 0 Å². The third-order valence-electron chi connectivity index (χ3n) is 2.41. The van der Waals surface area contributed by atoms with E-state index < -0.39 is 0 Å². The zero-order chi connectivity index (χ0) is 9.97. The fraction of sp³-hybridized carbons (Fsp3) is 0.556. The van der Waals surface area contributed by atoms with E-state index in [0.717, 1.165) is 19.3 Å². The maximum Gasteiger partial charge on any atom is 0.222 e. The molecule has 14 heavy (non-hydrogen) atoms. The molecule has 0 aliphatic heterocycles. The van der Waals surface area contributed by atoms with Crippen LogP contribution in [-0.2, 0) is 0 Å². The van der Waals surface area contributed by atoms with Crippen LogP contribution in [0, 0.1) is 0 Å². The molecule has 0 radical (unpaired) electrons. The van der Waals surface area contributed by atoms with Crippen molar-refractivity contribution in [3.63, 3.8) is 0 Å². The Morgan fingerprint density at radius 1 is 1.36 bits per heavy atom. The standard InChI is InChI=1S/C9H12ClN3O/c10-6-4-11-9(12-5-6)13-7-2-1-3-8(7)14/h4-5,7-8,14H,1-3H2,(H,11,12,13)/t7-,8-/m1/s1. The van der Waals surface area contributed by atoms with Crippen LogP contribution in [0.15, 0.2) is 12.4 Å². The van der Waals surface area contributed by atoms with Gasteiger partial charge in [0.05, 0.1) is 29.6 Å². The summed E-state index contributed by atoms with van der Waals surface area (Å²) in [5.74, 6) is 0.528. The number of nitrogens with zero attached hydrogens (tertiary/aromatic N) is 2. The van der Waals surface area contributed by atoms with Gasteiger partial charge in [-0.3, -0.25) is 0 Å². The summed E-state index contributed by atoms with van der Waals surface area (Å²) >= 11 is 5.65. The SMILES string of the molecule is O[C@@H]1CCC[C@H]1Nc1ncc(Cl)cn1. The molecule has 0 spiro atoms. The number of hydrogen-bond donors (Lipinski definition) is 2. The van der Waals surface area contributed by atoms with E-state index in [-0.39, 0.29) is 12.1 Å². The van der Waals surface area contributed by atoms with Crippen molar-refractivity contribution in [3.8, 4) is 0 Å². The molecular formula is C9H12ClN3O. The molecule has 0 aromatic carbocycles. The van der Waals surface area contributed by atoms with E-state index in [2.05, 4.69) is 15.3 Å². The monoisotopic (exact) mass is 213 g/mol. The van der Waals surface area contributed by atoms with Gasteiger partial charge in [0.1, 0.15) is 0 Å². The number of aliphatic hydroxyl groups is 1. The average molecular weight is 214 g/mol. The van der Waals surface area contributed by atoms with E-state index in [9.17, 15) is 5.11 Å². The highest BCUT2D eigenvalue weighted by Crippen LogP contribution is 2.21. The minimum Gasteiger partial charge on any atom is -0.391 e. The summed E-state index contributed by atoms with van der Waals surface area (Å²) in [5, 5.41) is 13.2. The lowest BCUT2D eigenvalue weighted by Gasteiger charge is -2.15. The van der Waals surface area contributed by atoms with Crippen LogP contribution < -0.4 is 5.32 Å². The Kier molecular flexibility index (Phi) is 2.84. The summed E-state index contributed by atoms with van der Waals surface area (Å²) in [6.45, 7) is 0. The second-order valence-electron chi connectivity index (χ2n) is 3.47. The van der Waals surface area contributed by atoms with Gasteiger partial charge in [-0.05, 0) is 19.3 Å². The molecular weight excluding hydrogens is 202 g/mol. The van der Waals surface area contributed by atoms with Crippen LogP contribution in [-0.4, -0.2) is 27.2 Å². The average Bonchev–Trinajstić information content (AvgIpc) is 2.56. The van der Waals surface area contributed by atoms with Gasteiger partial charge in [-0.25, -0.2) is 9.97 Å². The molecule has 0 saturated heterocycles. The van der Waals surface area contributed by atoms with Crippen LogP contribution in [0.1, 0.15) is 19.3 Å². The molecule has 4 nitrogen and oxygen atoms in total. The van der Waals surface area contributed by atoms with E-state index in [1.165, 1.54) is 12.4 Å². The first kappa shape index (κ1) is 9.68. The normalized spacial score (nSPS) is 26.4. The number of aliphatic hydroxyl groups excluding tert-OH is 1. The Morgan fingerprint density at radius 2 is 2.07 bits per heavy atom. The molecule has 2 rings (SSSR count). The van der Waals surface area contributed by atoms with Crippen LogP contribution in [0.2, 0.25) is 5.02 Å². The number of aromatic nitrogens is 2. The number of nitrogens with one attached hydrogen (secondary N) is 1. The molecule has 1 aliphatic carbocycles. The Bertz CT molecular complexity index is 303. The highest BCUT2D eigenvalue weighted by Gasteiger charge is 2.25. The molecule has 1 saturated carbocycles. The molecule has 1 aromatic rings. The molecule has 1 heterocycles. The van der Waals surface area contributed by atoms with Gasteiger partial charge in [0, 0.05) is 0 Å². The predicted octanol–water partition coefficient (Wildman–Crippen LogP) is 1.46. The van der Waals surface area contributed by atoms with E-state index in [0.29, 0.717) is 11.0 Å². The van der Waals surface area contributed by atoms with Gasteiger partial charge >= 0.3 is 0 Å². The van der Waals surface area contributed by atoms with Crippen molar-refractivity contribution >= 4 is 17.5 Å². The van der Waals surface area contributed by atoms with Crippen molar-refractivity contribution in [2.45, 2.75) is 31.4 Å². The molecule has 76 valence electrons. The number of halogens is 1. The van der Waals surface area contributed by atoms with Gasteiger partial charge in [0.2, 0.25) is 5.95 Å². The van der Waals surface area contributed by atoms with Crippen LogP contribution in [0.25, 0.3) is 0 Å². The maximum atomic E-state index is 9.56. The molecule has 1 fully saturated rings. The van der Waals surface area contributed by atoms with E-state index >= 15 is 0 Å². The molecule has 5 heteroatoms. The van der Waals surface area contributed by atoms with Gasteiger partial charge < -0.3 is 10.4 Å². The fourth-order valence-electron chi connectivity index (χ4n) is 1.66. The molecule has 1 aliphatic rings. The molecule has 0 bridgehead atoms. The summed E-state index contributed by atoms with van der Waals surface area (Å²) in [7, 11) is 0. The van der Waals surface area contributed by atoms with Crippen LogP contribution in [0.3, 0.4) is 0 Å². The van der Waals surface area contributed by atoms with Crippen molar-refractivity contribution in [2.75, 3.05) is 5.32 Å². The van der Waals surface area contributed by atoms with Crippen LogP contribution in [0.4, 0.5) is 5.95 Å². The van der Waals surface area contributed by atoms with E-state index in [1.54, 1.807) is 0 Å². The van der Waals surface area contributed by atoms with Gasteiger partial charge in [0.15, 0.2) is 0 Å². The Labute approximate surface area is 87.3 Å². The summed E-state index contributed by atoms with van der Waals surface area (Å²) in [4.78, 5) is 8.02. The lowest BCUT2D eigenvalue weighted by molar-refractivity contribution is 0.171. The first-order valence-corrected chi connectivity index (χ1v) is 5.05. The summed E-state index contributed by atoms with van der Waals surface area (Å²) in [6.07, 6.45) is 5.66. The lowest BCUT2D eigenvalue weighted by atomic mass is 10.2. The van der Waals surface area contributed by atoms with Crippen molar-refractivity contribution in [3.05, 3.63) is 17.4 Å². The van der Waals surface area contributed by atoms with E-state index in [4.69, 9.17) is 11.6 Å². The fourth-order valence-corrected chi connectivity index (χ4v) is 1.76. The molecule has 2 atom stereocenters. The van der Waals surface area contributed by atoms with E-state index in [1.807, 2.05) is 0 Å². The molecule has 0 unspecified atom stereocenters. The Hall–Kier alpha value is -0.870. The molecule has 2 N–H and O–H groups in total. The smallest absolute Gasteiger partial charge is 0.222 e. The lowest BCUT2D eigenvalue weighted by Crippen LogP contribution is -2.28. The topological polar surface area (TPSA) is 58.0 Å². The zero-order valence-corrected chi connectivity index (χ0v) is 8.41.